The molecule has 1 nitrogen and oxygen atoms in total. The van der Waals surface area contributed by atoms with Crippen molar-refractivity contribution in [2.45, 2.75) is 38.0 Å². The SMILES string of the molecule is FC(F)(F)CCC[N]CCCC(F)(F)F. The zero-order valence-corrected chi connectivity index (χ0v) is 7.96. The van der Waals surface area contributed by atoms with Gasteiger partial charge in [-0.15, -0.1) is 0 Å². The van der Waals surface area contributed by atoms with Crippen molar-refractivity contribution in [3.63, 3.8) is 0 Å². The van der Waals surface area contributed by atoms with Gasteiger partial charge in [0, 0.05) is 25.9 Å². The van der Waals surface area contributed by atoms with Crippen molar-refractivity contribution in [1.29, 1.82) is 0 Å². The molecule has 0 aromatic rings. The first-order chi connectivity index (χ1) is 6.71. The minimum Gasteiger partial charge on any atom is -0.242 e. The molecule has 15 heavy (non-hydrogen) atoms. The summed E-state index contributed by atoms with van der Waals surface area (Å²) in [5, 5.41) is 3.58. The molecule has 0 N–H and O–H groups in total. The van der Waals surface area contributed by atoms with E-state index in [4.69, 9.17) is 0 Å². The van der Waals surface area contributed by atoms with E-state index in [0.29, 0.717) is 0 Å². The molecule has 0 aliphatic heterocycles. The average molecular weight is 236 g/mol. The van der Waals surface area contributed by atoms with Crippen LogP contribution in [-0.2, 0) is 0 Å². The summed E-state index contributed by atoms with van der Waals surface area (Å²) in [6, 6.07) is 0. The Kier molecular flexibility index (Phi) is 6.00. The molecule has 0 atom stereocenters. The van der Waals surface area contributed by atoms with Crippen LogP contribution in [0.15, 0.2) is 0 Å². The maximum atomic E-state index is 11.6. The molecule has 0 aliphatic carbocycles. The first-order valence-electron chi connectivity index (χ1n) is 4.47. The van der Waals surface area contributed by atoms with Crippen molar-refractivity contribution in [2.24, 2.45) is 0 Å². The van der Waals surface area contributed by atoms with Gasteiger partial charge in [0.05, 0.1) is 0 Å². The molecule has 0 rings (SSSR count). The highest BCUT2D eigenvalue weighted by Gasteiger charge is 2.27. The molecule has 0 saturated carbocycles. The minimum absolute atomic E-state index is 0.0304. The molecule has 0 aromatic heterocycles. The summed E-state index contributed by atoms with van der Waals surface area (Å²) in [7, 11) is 0. The van der Waals surface area contributed by atoms with Gasteiger partial charge in [-0.2, -0.15) is 26.3 Å². The Hall–Kier alpha value is -0.460. The molecule has 0 bridgehead atoms. The number of rotatable bonds is 6. The summed E-state index contributed by atoms with van der Waals surface area (Å²) in [6.45, 7) is -0.0608. The average Bonchev–Trinajstić information content (AvgIpc) is 1.98. The van der Waals surface area contributed by atoms with E-state index < -0.39 is 25.2 Å². The van der Waals surface area contributed by atoms with Crippen molar-refractivity contribution in [1.82, 2.24) is 5.32 Å². The molecule has 0 aromatic carbocycles. The van der Waals surface area contributed by atoms with Gasteiger partial charge < -0.3 is 0 Å². The predicted octanol–water partition coefficient (Wildman–Crippen LogP) is 3.28. The molecule has 0 amide bonds. The Morgan fingerprint density at radius 3 is 1.27 bits per heavy atom. The number of halogens is 6. The lowest BCUT2D eigenvalue weighted by Crippen LogP contribution is -2.15. The van der Waals surface area contributed by atoms with Crippen molar-refractivity contribution < 1.29 is 26.3 Å². The van der Waals surface area contributed by atoms with Crippen LogP contribution < -0.4 is 5.32 Å². The summed E-state index contributed by atoms with van der Waals surface area (Å²) in [4.78, 5) is 0. The van der Waals surface area contributed by atoms with Gasteiger partial charge in [-0.3, -0.25) is 0 Å². The fourth-order valence-corrected chi connectivity index (χ4v) is 0.894. The third kappa shape index (κ3) is 13.5. The lowest BCUT2D eigenvalue weighted by Gasteiger charge is -2.07. The zero-order chi connectivity index (χ0) is 11.9. The fourth-order valence-electron chi connectivity index (χ4n) is 0.894. The normalized spacial score (nSPS) is 13.2. The Morgan fingerprint density at radius 1 is 0.667 bits per heavy atom. The van der Waals surface area contributed by atoms with Gasteiger partial charge in [0.25, 0.3) is 0 Å². The van der Waals surface area contributed by atoms with Gasteiger partial charge in [0.1, 0.15) is 0 Å². The first-order valence-corrected chi connectivity index (χ1v) is 4.47. The standard InChI is InChI=1S/C8H12F6N/c9-7(10,11)3-1-5-15-6-2-4-8(12,13)14/h1-6H2. The quantitative estimate of drug-likeness (QED) is 0.496. The Bertz CT molecular complexity index is 143. The topological polar surface area (TPSA) is 14.1 Å². The van der Waals surface area contributed by atoms with Crippen molar-refractivity contribution in [3.8, 4) is 0 Å². The van der Waals surface area contributed by atoms with E-state index in [-0.39, 0.29) is 25.9 Å². The second-order valence-corrected chi connectivity index (χ2v) is 3.11. The molecule has 0 unspecified atom stereocenters. The predicted molar refractivity (Wildman–Crippen MR) is 42.4 cm³/mol. The van der Waals surface area contributed by atoms with Crippen molar-refractivity contribution in [3.05, 3.63) is 0 Å². The minimum atomic E-state index is -4.21. The summed E-state index contributed by atoms with van der Waals surface area (Å²) in [5.74, 6) is 0. The molecule has 0 spiro atoms. The molecule has 0 aliphatic rings. The maximum Gasteiger partial charge on any atom is 0.389 e. The molecule has 0 heterocycles. The molecule has 1 radical (unpaired) electrons. The summed E-state index contributed by atoms with van der Waals surface area (Å²) >= 11 is 0. The molecular formula is C8H12F6N. The lowest BCUT2D eigenvalue weighted by atomic mass is 10.3. The molecule has 0 saturated heterocycles. The van der Waals surface area contributed by atoms with Crippen LogP contribution >= 0.6 is 0 Å². The van der Waals surface area contributed by atoms with Crippen LogP contribution in [-0.4, -0.2) is 25.4 Å². The number of nitrogens with zero attached hydrogens (tertiary/aromatic N) is 1. The second kappa shape index (κ2) is 6.19. The van der Waals surface area contributed by atoms with Crippen molar-refractivity contribution in [2.75, 3.05) is 13.1 Å². The fraction of sp³-hybridized carbons (Fsp3) is 1.00. The van der Waals surface area contributed by atoms with E-state index in [9.17, 15) is 26.3 Å². The number of hydrogen-bond acceptors (Lipinski definition) is 0. The van der Waals surface area contributed by atoms with Crippen molar-refractivity contribution >= 4 is 0 Å². The monoisotopic (exact) mass is 236 g/mol. The summed E-state index contributed by atoms with van der Waals surface area (Å²) < 4.78 is 69.6. The van der Waals surface area contributed by atoms with E-state index >= 15 is 0 Å². The van der Waals surface area contributed by atoms with Crippen LogP contribution in [0.4, 0.5) is 26.3 Å². The van der Waals surface area contributed by atoms with E-state index in [1.165, 1.54) is 0 Å². The highest BCUT2D eigenvalue weighted by molar-refractivity contribution is 4.56. The van der Waals surface area contributed by atoms with Gasteiger partial charge in [0.2, 0.25) is 0 Å². The smallest absolute Gasteiger partial charge is 0.242 e. The molecule has 7 heteroatoms. The number of alkyl halides is 6. The van der Waals surface area contributed by atoms with Crippen LogP contribution in [0.25, 0.3) is 0 Å². The van der Waals surface area contributed by atoms with E-state index in [1.807, 2.05) is 0 Å². The summed E-state index contributed by atoms with van der Waals surface area (Å²) in [5.41, 5.74) is 0. The largest absolute Gasteiger partial charge is 0.389 e. The first kappa shape index (κ1) is 14.5. The Labute approximate surface area is 83.8 Å². The lowest BCUT2D eigenvalue weighted by molar-refractivity contribution is -0.135. The third-order valence-electron chi connectivity index (χ3n) is 1.55. The van der Waals surface area contributed by atoms with Crippen LogP contribution in [0.3, 0.4) is 0 Å². The van der Waals surface area contributed by atoms with Crippen LogP contribution in [0.2, 0.25) is 0 Å². The zero-order valence-electron chi connectivity index (χ0n) is 7.96. The highest BCUT2D eigenvalue weighted by Crippen LogP contribution is 2.21. The van der Waals surface area contributed by atoms with Gasteiger partial charge >= 0.3 is 12.4 Å². The molecule has 91 valence electrons. The molecular weight excluding hydrogens is 224 g/mol. The van der Waals surface area contributed by atoms with Gasteiger partial charge in [-0.25, -0.2) is 5.32 Å². The molecule has 0 fully saturated rings. The van der Waals surface area contributed by atoms with E-state index in [0.717, 1.165) is 0 Å². The second-order valence-electron chi connectivity index (χ2n) is 3.11. The maximum absolute atomic E-state index is 11.6. The van der Waals surface area contributed by atoms with Crippen LogP contribution in [0, 0.1) is 0 Å². The van der Waals surface area contributed by atoms with E-state index in [2.05, 4.69) is 5.32 Å². The van der Waals surface area contributed by atoms with Gasteiger partial charge in [-0.05, 0) is 12.8 Å². The third-order valence-corrected chi connectivity index (χ3v) is 1.55. The van der Waals surface area contributed by atoms with Crippen LogP contribution in [0.1, 0.15) is 25.7 Å². The highest BCUT2D eigenvalue weighted by atomic mass is 19.4. The Morgan fingerprint density at radius 2 is 1.00 bits per heavy atom. The van der Waals surface area contributed by atoms with Gasteiger partial charge in [-0.1, -0.05) is 0 Å². The van der Waals surface area contributed by atoms with Crippen LogP contribution in [0.5, 0.6) is 0 Å². The summed E-state index contributed by atoms with van der Waals surface area (Å²) in [6.07, 6.45) is -10.6. The Balaban J connectivity index is 3.20. The van der Waals surface area contributed by atoms with Gasteiger partial charge in [0.15, 0.2) is 0 Å². The van der Waals surface area contributed by atoms with E-state index in [1.54, 1.807) is 0 Å². The number of hydrogen-bond donors (Lipinski definition) is 0.